The number of aryl methyl sites for hydroxylation is 2. The summed E-state index contributed by atoms with van der Waals surface area (Å²) in [6, 6.07) is 5.76. The van der Waals surface area contributed by atoms with Crippen LogP contribution < -0.4 is 10.2 Å². The molecule has 0 aliphatic heterocycles. The van der Waals surface area contributed by atoms with Crippen LogP contribution in [0.4, 0.5) is 10.9 Å². The smallest absolute Gasteiger partial charge is 0.347 e. The number of hydrogen-bond acceptors (Lipinski definition) is 10. The van der Waals surface area contributed by atoms with Crippen molar-refractivity contribution in [1.82, 2.24) is 25.1 Å². The summed E-state index contributed by atoms with van der Waals surface area (Å²) in [6.07, 6.45) is 2.77. The topological polar surface area (TPSA) is 147 Å². The van der Waals surface area contributed by atoms with Gasteiger partial charge < -0.3 is 14.9 Å². The van der Waals surface area contributed by atoms with E-state index in [1.54, 1.807) is 20.9 Å². The van der Waals surface area contributed by atoms with Gasteiger partial charge in [0.2, 0.25) is 17.6 Å². The van der Waals surface area contributed by atoms with Crippen molar-refractivity contribution >= 4 is 45.1 Å². The number of carbonyl (C=O) groups is 2. The second kappa shape index (κ2) is 8.45. The van der Waals surface area contributed by atoms with Crippen molar-refractivity contribution in [3.8, 4) is 11.4 Å². The van der Waals surface area contributed by atoms with Crippen LogP contribution in [-0.2, 0) is 4.79 Å². The highest BCUT2D eigenvalue weighted by atomic mass is 32.1. The van der Waals surface area contributed by atoms with E-state index in [4.69, 9.17) is 4.52 Å². The average molecular weight is 480 g/mol. The first-order chi connectivity index (χ1) is 16.3. The average Bonchev–Trinajstić information content (AvgIpc) is 3.40. The Labute approximate surface area is 197 Å². The molecule has 1 saturated carbocycles. The zero-order valence-corrected chi connectivity index (χ0v) is 19.5. The fraction of sp³-hybridized carbons (Fsp3) is 0.318. The SMILES string of the molecule is Cc1nc(-c2ccc3ncnc(NC4CC(C(=O)N(C)c5nc(C)c(C(=O)O)s5)C4)c3c2)no1. The van der Waals surface area contributed by atoms with E-state index in [2.05, 4.69) is 30.4 Å². The fourth-order valence-electron chi connectivity index (χ4n) is 3.95. The maximum Gasteiger partial charge on any atom is 0.347 e. The van der Waals surface area contributed by atoms with Crippen molar-refractivity contribution < 1.29 is 19.2 Å². The lowest BCUT2D eigenvalue weighted by Gasteiger charge is -2.36. The number of aromatic carboxylic acids is 1. The molecule has 3 heterocycles. The minimum absolute atomic E-state index is 0.0733. The number of fused-ring (bicyclic) bond motifs is 1. The molecule has 0 spiro atoms. The standard InChI is InChI=1S/C22H21N7O4S/c1-10-17(21(31)32)34-22(25-10)29(3)20(30)13-6-14(7-13)27-19-15-8-12(18-26-11(2)33-28-18)4-5-16(15)23-9-24-19/h4-5,8-9,13-14H,6-7H2,1-3H3,(H,31,32)(H,23,24,27). The summed E-state index contributed by atoms with van der Waals surface area (Å²) in [7, 11) is 1.63. The maximum absolute atomic E-state index is 12.9. The van der Waals surface area contributed by atoms with Gasteiger partial charge in [-0.25, -0.2) is 19.7 Å². The third-order valence-corrected chi connectivity index (χ3v) is 7.07. The molecular weight excluding hydrogens is 458 g/mol. The molecule has 0 saturated heterocycles. The van der Waals surface area contributed by atoms with Gasteiger partial charge in [-0.15, -0.1) is 0 Å². The zero-order chi connectivity index (χ0) is 24.0. The Morgan fingerprint density at radius 3 is 2.68 bits per heavy atom. The van der Waals surface area contributed by atoms with Gasteiger partial charge in [0, 0.05) is 36.9 Å². The van der Waals surface area contributed by atoms with Crippen LogP contribution in [0.5, 0.6) is 0 Å². The van der Waals surface area contributed by atoms with E-state index in [-0.39, 0.29) is 22.7 Å². The highest BCUT2D eigenvalue weighted by Crippen LogP contribution is 2.35. The number of benzene rings is 1. The van der Waals surface area contributed by atoms with Crippen LogP contribution in [-0.4, -0.2) is 55.2 Å². The Morgan fingerprint density at radius 1 is 1.21 bits per heavy atom. The van der Waals surface area contributed by atoms with Gasteiger partial charge in [-0.1, -0.05) is 16.5 Å². The molecular formula is C22H21N7O4S. The zero-order valence-electron chi connectivity index (χ0n) is 18.6. The van der Waals surface area contributed by atoms with Crippen molar-refractivity contribution in [3.63, 3.8) is 0 Å². The number of carboxylic acid groups (broad SMARTS) is 1. The lowest BCUT2D eigenvalue weighted by atomic mass is 9.79. The van der Waals surface area contributed by atoms with Gasteiger partial charge >= 0.3 is 5.97 Å². The van der Waals surface area contributed by atoms with Crippen LogP contribution in [0.25, 0.3) is 22.3 Å². The molecule has 4 aromatic rings. The summed E-state index contributed by atoms with van der Waals surface area (Å²) < 4.78 is 5.08. The summed E-state index contributed by atoms with van der Waals surface area (Å²) in [5.74, 6) is 0.370. The Hall–Kier alpha value is -3.93. The number of hydrogen-bond donors (Lipinski definition) is 2. The van der Waals surface area contributed by atoms with E-state index in [0.29, 0.717) is 41.2 Å². The quantitative estimate of drug-likeness (QED) is 0.422. The minimum Gasteiger partial charge on any atom is -0.477 e. The van der Waals surface area contributed by atoms with Crippen LogP contribution in [0, 0.1) is 19.8 Å². The minimum atomic E-state index is -1.04. The van der Waals surface area contributed by atoms with Crippen molar-refractivity contribution in [1.29, 1.82) is 0 Å². The number of nitrogens with one attached hydrogen (secondary N) is 1. The molecule has 2 N–H and O–H groups in total. The molecule has 11 nitrogen and oxygen atoms in total. The van der Waals surface area contributed by atoms with Gasteiger partial charge in [0.25, 0.3) is 0 Å². The summed E-state index contributed by atoms with van der Waals surface area (Å²) in [6.45, 7) is 3.36. The third kappa shape index (κ3) is 3.96. The van der Waals surface area contributed by atoms with E-state index in [1.165, 1.54) is 11.2 Å². The number of amides is 1. The van der Waals surface area contributed by atoms with Gasteiger partial charge in [-0.05, 0) is 38.0 Å². The van der Waals surface area contributed by atoms with Crippen molar-refractivity contribution in [2.24, 2.45) is 5.92 Å². The van der Waals surface area contributed by atoms with E-state index in [9.17, 15) is 14.7 Å². The molecule has 1 aliphatic carbocycles. The molecule has 1 aromatic carbocycles. The second-order valence-corrected chi connectivity index (χ2v) is 9.19. The molecule has 0 atom stereocenters. The van der Waals surface area contributed by atoms with Gasteiger partial charge in [0.05, 0.1) is 11.2 Å². The largest absolute Gasteiger partial charge is 0.477 e. The normalized spacial score (nSPS) is 17.4. The molecule has 174 valence electrons. The number of aromatic nitrogens is 5. The van der Waals surface area contributed by atoms with E-state index >= 15 is 0 Å². The number of rotatable bonds is 6. The predicted octanol–water partition coefficient (Wildman–Crippen LogP) is 3.30. The Balaban J connectivity index is 1.28. The Morgan fingerprint density at radius 2 is 2.00 bits per heavy atom. The molecule has 0 unspecified atom stereocenters. The molecule has 1 aliphatic rings. The lowest BCUT2D eigenvalue weighted by molar-refractivity contribution is -0.124. The monoisotopic (exact) mass is 479 g/mol. The predicted molar refractivity (Wildman–Crippen MR) is 125 cm³/mol. The first-order valence-electron chi connectivity index (χ1n) is 10.6. The first-order valence-corrected chi connectivity index (χ1v) is 11.4. The number of carbonyl (C=O) groups excluding carboxylic acids is 1. The highest BCUT2D eigenvalue weighted by Gasteiger charge is 2.37. The van der Waals surface area contributed by atoms with E-state index in [0.717, 1.165) is 27.8 Å². The molecule has 5 rings (SSSR count). The van der Waals surface area contributed by atoms with Crippen LogP contribution in [0.15, 0.2) is 29.0 Å². The van der Waals surface area contributed by atoms with Crippen LogP contribution in [0.2, 0.25) is 0 Å². The summed E-state index contributed by atoms with van der Waals surface area (Å²) in [4.78, 5) is 43.0. The molecule has 1 fully saturated rings. The molecule has 3 aromatic heterocycles. The molecule has 34 heavy (non-hydrogen) atoms. The van der Waals surface area contributed by atoms with Crippen LogP contribution in [0.1, 0.15) is 34.1 Å². The number of thiazole rings is 1. The lowest BCUT2D eigenvalue weighted by Crippen LogP contribution is -2.45. The highest BCUT2D eigenvalue weighted by molar-refractivity contribution is 7.17. The summed E-state index contributed by atoms with van der Waals surface area (Å²) in [5.41, 5.74) is 1.98. The maximum atomic E-state index is 12.9. The molecule has 1 amide bonds. The van der Waals surface area contributed by atoms with Crippen molar-refractivity contribution in [2.45, 2.75) is 32.7 Å². The van der Waals surface area contributed by atoms with Gasteiger partial charge in [0.15, 0.2) is 5.13 Å². The van der Waals surface area contributed by atoms with Crippen LogP contribution >= 0.6 is 11.3 Å². The molecule has 12 heteroatoms. The number of nitrogens with zero attached hydrogens (tertiary/aromatic N) is 6. The number of carboxylic acids is 1. The van der Waals surface area contributed by atoms with Crippen LogP contribution in [0.3, 0.4) is 0 Å². The van der Waals surface area contributed by atoms with Gasteiger partial charge in [-0.2, -0.15) is 4.98 Å². The van der Waals surface area contributed by atoms with Gasteiger partial charge in [0.1, 0.15) is 17.0 Å². The first kappa shape index (κ1) is 21.9. The second-order valence-electron chi connectivity index (χ2n) is 8.21. The Kier molecular flexibility index (Phi) is 5.44. The molecule has 0 bridgehead atoms. The third-order valence-electron chi connectivity index (χ3n) is 5.85. The molecule has 0 radical (unpaired) electrons. The summed E-state index contributed by atoms with van der Waals surface area (Å²) in [5, 5.41) is 17.8. The van der Waals surface area contributed by atoms with Gasteiger partial charge in [-0.3, -0.25) is 9.69 Å². The van der Waals surface area contributed by atoms with E-state index < -0.39 is 5.97 Å². The van der Waals surface area contributed by atoms with Crippen molar-refractivity contribution in [3.05, 3.63) is 41.0 Å². The number of anilines is 2. The van der Waals surface area contributed by atoms with Crippen molar-refractivity contribution in [2.75, 3.05) is 17.3 Å². The Bertz CT molecular complexity index is 1410. The summed E-state index contributed by atoms with van der Waals surface area (Å²) >= 11 is 1.01. The van der Waals surface area contributed by atoms with E-state index in [1.807, 2.05) is 18.2 Å². The fourth-order valence-corrected chi connectivity index (χ4v) is 4.82.